The van der Waals surface area contributed by atoms with Crippen molar-refractivity contribution in [3.8, 4) is 0 Å². The number of carboxylic acids is 1. The summed E-state index contributed by atoms with van der Waals surface area (Å²) >= 11 is 0. The standard InChI is InChI=1S/C9H14N2O5S/c1-7-5-10-8(16-7)6-11-17(14,15)4-2-3-9(12)13/h5,11H,2-4,6H2,1H3,(H,12,13). The smallest absolute Gasteiger partial charge is 0.303 e. The van der Waals surface area contributed by atoms with Crippen molar-refractivity contribution >= 4 is 16.0 Å². The summed E-state index contributed by atoms with van der Waals surface area (Å²) in [4.78, 5) is 14.1. The summed E-state index contributed by atoms with van der Waals surface area (Å²) < 4.78 is 30.2. The maximum Gasteiger partial charge on any atom is 0.303 e. The molecule has 0 unspecified atom stereocenters. The number of carbonyl (C=O) groups is 1. The minimum absolute atomic E-state index is 0.0246. The number of hydrogen-bond acceptors (Lipinski definition) is 5. The Morgan fingerprint density at radius 3 is 2.82 bits per heavy atom. The normalized spacial score (nSPS) is 11.6. The van der Waals surface area contributed by atoms with Crippen molar-refractivity contribution in [1.82, 2.24) is 9.71 Å². The van der Waals surface area contributed by atoms with Gasteiger partial charge in [0.05, 0.1) is 18.5 Å². The minimum Gasteiger partial charge on any atom is -0.481 e. The third-order valence-corrected chi connectivity index (χ3v) is 3.33. The van der Waals surface area contributed by atoms with E-state index in [1.807, 2.05) is 0 Å². The van der Waals surface area contributed by atoms with Gasteiger partial charge >= 0.3 is 5.97 Å². The van der Waals surface area contributed by atoms with Gasteiger partial charge in [-0.05, 0) is 13.3 Å². The first kappa shape index (κ1) is 13.7. The Labute approximate surface area is 98.9 Å². The summed E-state index contributed by atoms with van der Waals surface area (Å²) in [6.45, 7) is 1.68. The van der Waals surface area contributed by atoms with E-state index in [4.69, 9.17) is 9.52 Å². The number of carboxylic acid groups (broad SMARTS) is 1. The SMILES string of the molecule is Cc1cnc(CNS(=O)(=O)CCCC(=O)O)o1. The van der Waals surface area contributed by atoms with Crippen LogP contribution in [0.1, 0.15) is 24.5 Å². The van der Waals surface area contributed by atoms with Crippen LogP contribution in [0.4, 0.5) is 0 Å². The first-order valence-corrected chi connectivity index (χ1v) is 6.65. The molecule has 0 amide bonds. The maximum absolute atomic E-state index is 11.4. The van der Waals surface area contributed by atoms with Gasteiger partial charge in [0.15, 0.2) is 0 Å². The highest BCUT2D eigenvalue weighted by atomic mass is 32.2. The molecule has 0 fully saturated rings. The second-order valence-corrected chi connectivity index (χ2v) is 5.43. The zero-order chi connectivity index (χ0) is 12.9. The van der Waals surface area contributed by atoms with Gasteiger partial charge in [-0.1, -0.05) is 0 Å². The summed E-state index contributed by atoms with van der Waals surface area (Å²) in [5.74, 6) is -0.350. The molecule has 0 saturated carbocycles. The number of aliphatic carboxylic acids is 1. The number of hydrogen-bond donors (Lipinski definition) is 2. The lowest BCUT2D eigenvalue weighted by Crippen LogP contribution is -2.26. The Morgan fingerprint density at radius 1 is 1.59 bits per heavy atom. The largest absolute Gasteiger partial charge is 0.481 e. The Kier molecular flexibility index (Phi) is 4.64. The number of oxazole rings is 1. The van der Waals surface area contributed by atoms with Crippen LogP contribution in [-0.2, 0) is 21.4 Å². The van der Waals surface area contributed by atoms with Gasteiger partial charge in [-0.3, -0.25) is 4.79 Å². The van der Waals surface area contributed by atoms with Gasteiger partial charge in [-0.2, -0.15) is 0 Å². The van der Waals surface area contributed by atoms with E-state index in [-0.39, 0.29) is 31.0 Å². The molecule has 0 aliphatic heterocycles. The molecule has 1 aromatic heterocycles. The molecule has 0 aliphatic carbocycles. The fourth-order valence-electron chi connectivity index (χ4n) is 1.14. The number of aromatic nitrogens is 1. The van der Waals surface area contributed by atoms with Gasteiger partial charge in [0, 0.05) is 6.42 Å². The quantitative estimate of drug-likeness (QED) is 0.729. The van der Waals surface area contributed by atoms with Gasteiger partial charge in [0.25, 0.3) is 0 Å². The van der Waals surface area contributed by atoms with Crippen LogP contribution in [0, 0.1) is 6.92 Å². The van der Waals surface area contributed by atoms with Crippen molar-refractivity contribution in [1.29, 1.82) is 0 Å². The Bertz CT molecular complexity index is 479. The topological polar surface area (TPSA) is 110 Å². The van der Waals surface area contributed by atoms with Gasteiger partial charge in [0.1, 0.15) is 5.76 Å². The molecular weight excluding hydrogens is 248 g/mol. The molecule has 1 heterocycles. The molecule has 7 nitrogen and oxygen atoms in total. The first-order valence-electron chi connectivity index (χ1n) is 4.99. The van der Waals surface area contributed by atoms with Crippen LogP contribution >= 0.6 is 0 Å². The van der Waals surface area contributed by atoms with Crippen molar-refractivity contribution in [2.45, 2.75) is 26.3 Å². The fourth-order valence-corrected chi connectivity index (χ4v) is 2.15. The van der Waals surface area contributed by atoms with E-state index in [1.165, 1.54) is 6.20 Å². The molecule has 0 aromatic carbocycles. The molecule has 17 heavy (non-hydrogen) atoms. The van der Waals surface area contributed by atoms with Crippen LogP contribution in [-0.4, -0.2) is 30.2 Å². The summed E-state index contributed by atoms with van der Waals surface area (Å²) in [6, 6.07) is 0. The van der Waals surface area contributed by atoms with Gasteiger partial charge < -0.3 is 9.52 Å². The lowest BCUT2D eigenvalue weighted by Gasteiger charge is -2.03. The Balaban J connectivity index is 2.36. The van der Waals surface area contributed by atoms with Crippen molar-refractivity contribution < 1.29 is 22.7 Å². The molecule has 2 N–H and O–H groups in total. The van der Waals surface area contributed by atoms with Gasteiger partial charge in [-0.25, -0.2) is 18.1 Å². The zero-order valence-electron chi connectivity index (χ0n) is 9.34. The summed E-state index contributed by atoms with van der Waals surface area (Å²) in [5.41, 5.74) is 0. The highest BCUT2D eigenvalue weighted by Gasteiger charge is 2.12. The predicted octanol–water partition coefficient (Wildman–Crippen LogP) is 0.267. The summed E-state index contributed by atoms with van der Waals surface area (Å²) in [6.07, 6.45) is 1.41. The van der Waals surface area contributed by atoms with Crippen LogP contribution in [0.15, 0.2) is 10.6 Å². The average molecular weight is 262 g/mol. The molecule has 8 heteroatoms. The van der Waals surface area contributed by atoms with Crippen molar-refractivity contribution in [2.24, 2.45) is 0 Å². The van der Waals surface area contributed by atoms with Gasteiger partial charge in [0.2, 0.25) is 15.9 Å². The van der Waals surface area contributed by atoms with Crippen molar-refractivity contribution in [3.05, 3.63) is 17.8 Å². The van der Waals surface area contributed by atoms with E-state index in [1.54, 1.807) is 6.92 Å². The van der Waals surface area contributed by atoms with E-state index < -0.39 is 16.0 Å². The third kappa shape index (κ3) is 5.45. The zero-order valence-corrected chi connectivity index (χ0v) is 10.2. The van der Waals surface area contributed by atoms with Crippen LogP contribution in [0.2, 0.25) is 0 Å². The lowest BCUT2D eigenvalue weighted by atomic mass is 10.3. The molecule has 0 radical (unpaired) electrons. The molecule has 1 aromatic rings. The number of sulfonamides is 1. The van der Waals surface area contributed by atoms with E-state index in [9.17, 15) is 13.2 Å². The predicted molar refractivity (Wildman–Crippen MR) is 58.7 cm³/mol. The summed E-state index contributed by atoms with van der Waals surface area (Å²) in [7, 11) is -3.48. The van der Waals surface area contributed by atoms with Gasteiger partial charge in [-0.15, -0.1) is 0 Å². The molecule has 0 aliphatic rings. The van der Waals surface area contributed by atoms with E-state index in [0.717, 1.165) is 0 Å². The molecule has 1 rings (SSSR count). The third-order valence-electron chi connectivity index (χ3n) is 1.92. The highest BCUT2D eigenvalue weighted by Crippen LogP contribution is 2.02. The first-order chi connectivity index (χ1) is 7.89. The molecule has 96 valence electrons. The number of nitrogens with one attached hydrogen (secondary N) is 1. The van der Waals surface area contributed by atoms with Crippen LogP contribution < -0.4 is 4.72 Å². The van der Waals surface area contributed by atoms with Crippen LogP contribution in [0.3, 0.4) is 0 Å². The number of rotatable bonds is 7. The maximum atomic E-state index is 11.4. The second-order valence-electron chi connectivity index (χ2n) is 3.50. The Hall–Kier alpha value is -1.41. The van der Waals surface area contributed by atoms with E-state index in [2.05, 4.69) is 9.71 Å². The second kappa shape index (κ2) is 5.78. The monoisotopic (exact) mass is 262 g/mol. The molecule has 0 spiro atoms. The van der Waals surface area contributed by atoms with Crippen molar-refractivity contribution in [3.63, 3.8) is 0 Å². The average Bonchev–Trinajstić information content (AvgIpc) is 2.61. The molecular formula is C9H14N2O5S. The van der Waals surface area contributed by atoms with Crippen LogP contribution in [0.5, 0.6) is 0 Å². The molecule has 0 atom stereocenters. The van der Waals surface area contributed by atoms with E-state index in [0.29, 0.717) is 5.76 Å². The fraction of sp³-hybridized carbons (Fsp3) is 0.556. The summed E-state index contributed by atoms with van der Waals surface area (Å²) in [5, 5.41) is 8.38. The number of nitrogens with zero attached hydrogens (tertiary/aromatic N) is 1. The lowest BCUT2D eigenvalue weighted by molar-refractivity contribution is -0.137. The number of aryl methyl sites for hydroxylation is 1. The minimum atomic E-state index is -3.48. The highest BCUT2D eigenvalue weighted by molar-refractivity contribution is 7.89. The van der Waals surface area contributed by atoms with E-state index >= 15 is 0 Å². The Morgan fingerprint density at radius 2 is 2.29 bits per heavy atom. The van der Waals surface area contributed by atoms with Crippen LogP contribution in [0.25, 0.3) is 0 Å². The molecule has 0 saturated heterocycles. The van der Waals surface area contributed by atoms with Crippen molar-refractivity contribution in [2.75, 3.05) is 5.75 Å². The molecule has 0 bridgehead atoms.